The van der Waals surface area contributed by atoms with Crippen LogP contribution in [0.3, 0.4) is 0 Å². The molecule has 0 unspecified atom stereocenters. The van der Waals surface area contributed by atoms with Crippen molar-refractivity contribution in [2.45, 2.75) is 26.2 Å². The summed E-state index contributed by atoms with van der Waals surface area (Å²) in [5.74, 6) is -3.68. The first-order valence-electron chi connectivity index (χ1n) is 9.03. The highest BCUT2D eigenvalue weighted by Gasteiger charge is 2.25. The van der Waals surface area contributed by atoms with Gasteiger partial charge in [-0.15, -0.1) is 0 Å². The van der Waals surface area contributed by atoms with Gasteiger partial charge in [0.25, 0.3) is 0 Å². The van der Waals surface area contributed by atoms with Gasteiger partial charge in [-0.2, -0.15) is 0 Å². The number of nitrogens with zero attached hydrogens (tertiary/aromatic N) is 1. The van der Waals surface area contributed by atoms with Crippen molar-refractivity contribution in [2.75, 3.05) is 31.6 Å². The summed E-state index contributed by atoms with van der Waals surface area (Å²) in [7, 11) is 0. The molecule has 1 amide bonds. The van der Waals surface area contributed by atoms with Crippen molar-refractivity contribution >= 4 is 29.5 Å². The molecule has 1 aromatic rings. The van der Waals surface area contributed by atoms with Crippen LogP contribution in [0, 0.1) is 5.92 Å². The first kappa shape index (κ1) is 23.1. The summed E-state index contributed by atoms with van der Waals surface area (Å²) in [5, 5.41) is 17.7. The maximum Gasteiger partial charge on any atom is 0.414 e. The summed E-state index contributed by atoms with van der Waals surface area (Å²) in [4.78, 5) is 44.0. The van der Waals surface area contributed by atoms with E-state index in [1.165, 1.54) is 0 Å². The number of carboxylic acid groups (broad SMARTS) is 2. The summed E-state index contributed by atoms with van der Waals surface area (Å²) in [5.41, 5.74) is 0.827. The quantitative estimate of drug-likeness (QED) is 0.488. The second kappa shape index (κ2) is 12.4. The molecule has 0 aromatic heterocycles. The van der Waals surface area contributed by atoms with Crippen molar-refractivity contribution in [1.29, 1.82) is 0 Å². The number of likely N-dealkylation sites (tertiary alicyclic amines) is 1. The number of carbonyl (C=O) groups is 4. The average molecular weight is 394 g/mol. The van der Waals surface area contributed by atoms with E-state index < -0.39 is 11.9 Å². The number of ether oxygens (including phenoxy) is 1. The third-order valence-corrected chi connectivity index (χ3v) is 4.10. The van der Waals surface area contributed by atoms with Gasteiger partial charge in [-0.1, -0.05) is 18.2 Å². The van der Waals surface area contributed by atoms with Crippen LogP contribution >= 0.6 is 0 Å². The van der Waals surface area contributed by atoms with Crippen LogP contribution in [0.2, 0.25) is 0 Å². The number of anilines is 1. The van der Waals surface area contributed by atoms with Crippen molar-refractivity contribution in [2.24, 2.45) is 5.92 Å². The number of nitrogens with one attached hydrogen (secondary N) is 1. The van der Waals surface area contributed by atoms with Gasteiger partial charge in [-0.05, 0) is 45.0 Å². The number of rotatable bonds is 6. The fourth-order valence-electron chi connectivity index (χ4n) is 2.66. The Morgan fingerprint density at radius 3 is 2.14 bits per heavy atom. The standard InChI is InChI=1S/C17H24N2O3.C2H2O4/c1-2-22-17(21)14-8-11-19(12-9-14)13-10-16(20)18-15-6-4-3-5-7-15;3-1(4)2(5)6/h3-7,14H,2,8-13H2,1H3,(H,18,20);(H,3,4)(H,5,6). The number of amides is 1. The van der Waals surface area contributed by atoms with E-state index in [1.54, 1.807) is 0 Å². The zero-order valence-corrected chi connectivity index (χ0v) is 15.8. The van der Waals surface area contributed by atoms with E-state index in [9.17, 15) is 9.59 Å². The molecule has 0 bridgehead atoms. The lowest BCUT2D eigenvalue weighted by atomic mass is 9.97. The molecule has 9 nitrogen and oxygen atoms in total. The molecule has 0 radical (unpaired) electrons. The zero-order valence-electron chi connectivity index (χ0n) is 15.8. The molecule has 1 fully saturated rings. The zero-order chi connectivity index (χ0) is 20.9. The summed E-state index contributed by atoms with van der Waals surface area (Å²) < 4.78 is 5.06. The van der Waals surface area contributed by atoms with Gasteiger partial charge in [-0.25, -0.2) is 9.59 Å². The molecule has 154 valence electrons. The SMILES string of the molecule is CCOC(=O)C1CCN(CCC(=O)Nc2ccccc2)CC1.O=C(O)C(=O)O. The van der Waals surface area contributed by atoms with Crippen LogP contribution in [0.25, 0.3) is 0 Å². The van der Waals surface area contributed by atoms with E-state index >= 15 is 0 Å². The summed E-state index contributed by atoms with van der Waals surface area (Å²) in [6.45, 7) is 4.70. The summed E-state index contributed by atoms with van der Waals surface area (Å²) in [6.07, 6.45) is 2.11. The van der Waals surface area contributed by atoms with Crippen LogP contribution in [0.5, 0.6) is 0 Å². The molecule has 1 aromatic carbocycles. The van der Waals surface area contributed by atoms with Gasteiger partial charge in [0.1, 0.15) is 0 Å². The minimum Gasteiger partial charge on any atom is -0.473 e. The molecule has 9 heteroatoms. The number of aliphatic carboxylic acids is 2. The third-order valence-electron chi connectivity index (χ3n) is 4.10. The largest absolute Gasteiger partial charge is 0.473 e. The van der Waals surface area contributed by atoms with Crippen LogP contribution in [-0.4, -0.2) is 65.2 Å². The Morgan fingerprint density at radius 1 is 1.07 bits per heavy atom. The van der Waals surface area contributed by atoms with Crippen LogP contribution in [-0.2, 0) is 23.9 Å². The molecule has 0 spiro atoms. The number of hydrogen-bond donors (Lipinski definition) is 3. The topological polar surface area (TPSA) is 133 Å². The number of benzene rings is 1. The molecule has 0 saturated carbocycles. The third kappa shape index (κ3) is 9.13. The van der Waals surface area contributed by atoms with Crippen molar-refractivity contribution in [3.63, 3.8) is 0 Å². The lowest BCUT2D eigenvalue weighted by molar-refractivity contribution is -0.159. The molecular formula is C19H26N2O7. The Morgan fingerprint density at radius 2 is 1.64 bits per heavy atom. The van der Waals surface area contributed by atoms with Crippen molar-refractivity contribution in [1.82, 2.24) is 4.90 Å². The van der Waals surface area contributed by atoms with Gasteiger partial charge in [0.2, 0.25) is 5.91 Å². The minimum absolute atomic E-state index is 0.0225. The second-order valence-electron chi connectivity index (χ2n) is 6.14. The first-order chi connectivity index (χ1) is 13.3. The summed E-state index contributed by atoms with van der Waals surface area (Å²) >= 11 is 0. The maximum atomic E-state index is 11.9. The van der Waals surface area contributed by atoms with Gasteiger partial charge >= 0.3 is 17.9 Å². The number of esters is 1. The highest BCUT2D eigenvalue weighted by atomic mass is 16.5. The Hall–Kier alpha value is -2.94. The average Bonchev–Trinajstić information content (AvgIpc) is 2.68. The number of piperidine rings is 1. The van der Waals surface area contributed by atoms with Crippen molar-refractivity contribution < 1.29 is 34.1 Å². The smallest absolute Gasteiger partial charge is 0.414 e. The molecule has 1 heterocycles. The van der Waals surface area contributed by atoms with E-state index in [0.29, 0.717) is 13.0 Å². The number of carboxylic acids is 2. The molecule has 3 N–H and O–H groups in total. The van der Waals surface area contributed by atoms with Crippen LogP contribution in [0.15, 0.2) is 30.3 Å². The Balaban J connectivity index is 0.000000568. The van der Waals surface area contributed by atoms with E-state index in [0.717, 1.165) is 38.2 Å². The van der Waals surface area contributed by atoms with Gasteiger partial charge in [-0.3, -0.25) is 9.59 Å². The van der Waals surface area contributed by atoms with Crippen molar-refractivity contribution in [3.8, 4) is 0 Å². The number of hydrogen-bond acceptors (Lipinski definition) is 6. The molecule has 1 saturated heterocycles. The molecule has 0 atom stereocenters. The van der Waals surface area contributed by atoms with Gasteiger partial charge < -0.3 is 25.2 Å². The number of carbonyl (C=O) groups excluding carboxylic acids is 2. The maximum absolute atomic E-state index is 11.9. The summed E-state index contributed by atoms with van der Waals surface area (Å²) in [6, 6.07) is 9.47. The molecule has 2 rings (SSSR count). The van der Waals surface area contributed by atoms with Gasteiger partial charge in [0, 0.05) is 18.7 Å². The lowest BCUT2D eigenvalue weighted by Gasteiger charge is -2.30. The molecule has 1 aliphatic rings. The Kier molecular flexibility index (Phi) is 10.3. The first-order valence-corrected chi connectivity index (χ1v) is 9.03. The van der Waals surface area contributed by atoms with E-state index in [4.69, 9.17) is 24.5 Å². The Bertz CT molecular complexity index is 644. The lowest BCUT2D eigenvalue weighted by Crippen LogP contribution is -2.38. The normalized spacial score (nSPS) is 14.3. The highest BCUT2D eigenvalue weighted by Crippen LogP contribution is 2.18. The van der Waals surface area contributed by atoms with Gasteiger partial charge in [0.05, 0.1) is 12.5 Å². The van der Waals surface area contributed by atoms with Crippen LogP contribution < -0.4 is 5.32 Å². The fourth-order valence-corrected chi connectivity index (χ4v) is 2.66. The van der Waals surface area contributed by atoms with Crippen molar-refractivity contribution in [3.05, 3.63) is 30.3 Å². The predicted molar refractivity (Wildman–Crippen MR) is 101 cm³/mol. The monoisotopic (exact) mass is 394 g/mol. The van der Waals surface area contributed by atoms with Crippen LogP contribution in [0.1, 0.15) is 26.2 Å². The van der Waals surface area contributed by atoms with E-state index in [1.807, 2.05) is 37.3 Å². The Labute approximate surface area is 163 Å². The highest BCUT2D eigenvalue weighted by molar-refractivity contribution is 6.27. The number of para-hydroxylation sites is 1. The molecule has 28 heavy (non-hydrogen) atoms. The molecule has 1 aliphatic heterocycles. The fraction of sp³-hybridized carbons (Fsp3) is 0.474. The van der Waals surface area contributed by atoms with E-state index in [2.05, 4.69) is 10.2 Å². The van der Waals surface area contributed by atoms with E-state index in [-0.39, 0.29) is 17.8 Å². The minimum atomic E-state index is -1.82. The van der Waals surface area contributed by atoms with Gasteiger partial charge in [0.15, 0.2) is 0 Å². The molecular weight excluding hydrogens is 368 g/mol. The second-order valence-corrected chi connectivity index (χ2v) is 6.14. The molecule has 0 aliphatic carbocycles. The predicted octanol–water partition coefficient (Wildman–Crippen LogP) is 1.45. The van der Waals surface area contributed by atoms with Crippen LogP contribution in [0.4, 0.5) is 5.69 Å².